The Labute approximate surface area is 150 Å². The predicted molar refractivity (Wildman–Crippen MR) is 96.5 cm³/mol. The first-order chi connectivity index (χ1) is 12.0. The highest BCUT2D eigenvalue weighted by Crippen LogP contribution is 2.26. The normalized spacial score (nSPS) is 15.1. The number of fused-ring (bicyclic) bond motifs is 1. The lowest BCUT2D eigenvalue weighted by Gasteiger charge is -2.13. The maximum absolute atomic E-state index is 12.4. The SMILES string of the molecule is C[C@H](Sc1nnc2n1CCCCC2)C(=O)Nc1ccc(C(N)=O)cc1. The molecule has 1 atom stereocenters. The number of nitrogens with zero attached hydrogens (tertiary/aromatic N) is 3. The van der Waals surface area contributed by atoms with Crippen LogP contribution in [0.3, 0.4) is 0 Å². The van der Waals surface area contributed by atoms with Crippen LogP contribution in [0.25, 0.3) is 0 Å². The molecule has 1 aromatic carbocycles. The van der Waals surface area contributed by atoms with Gasteiger partial charge in [-0.25, -0.2) is 0 Å². The number of carbonyl (C=O) groups excluding carboxylic acids is 2. The van der Waals surface area contributed by atoms with Gasteiger partial charge >= 0.3 is 0 Å². The molecule has 0 saturated heterocycles. The third kappa shape index (κ3) is 4.19. The molecular formula is C17H21N5O2S. The lowest BCUT2D eigenvalue weighted by Crippen LogP contribution is -2.23. The van der Waals surface area contributed by atoms with Crippen molar-refractivity contribution in [3.8, 4) is 0 Å². The van der Waals surface area contributed by atoms with Crippen LogP contribution in [0.5, 0.6) is 0 Å². The third-order valence-electron chi connectivity index (χ3n) is 4.16. The zero-order valence-corrected chi connectivity index (χ0v) is 14.9. The first-order valence-corrected chi connectivity index (χ1v) is 9.22. The van der Waals surface area contributed by atoms with Crippen molar-refractivity contribution in [2.24, 2.45) is 5.73 Å². The molecule has 0 saturated carbocycles. The molecule has 0 bridgehead atoms. The number of nitrogens with two attached hydrogens (primary N) is 1. The number of rotatable bonds is 5. The van der Waals surface area contributed by atoms with E-state index in [1.807, 2.05) is 6.92 Å². The third-order valence-corrected chi connectivity index (χ3v) is 5.24. The number of nitrogens with one attached hydrogen (secondary N) is 1. The zero-order chi connectivity index (χ0) is 17.8. The Morgan fingerprint density at radius 2 is 1.96 bits per heavy atom. The molecule has 1 aliphatic rings. The molecule has 25 heavy (non-hydrogen) atoms. The van der Waals surface area contributed by atoms with Crippen molar-refractivity contribution in [1.82, 2.24) is 14.8 Å². The Kier molecular flexibility index (Phi) is 5.37. The molecule has 0 aliphatic carbocycles. The Morgan fingerprint density at radius 3 is 2.68 bits per heavy atom. The van der Waals surface area contributed by atoms with Gasteiger partial charge in [0.05, 0.1) is 5.25 Å². The molecular weight excluding hydrogens is 338 g/mol. The van der Waals surface area contributed by atoms with Crippen LogP contribution in [0.2, 0.25) is 0 Å². The van der Waals surface area contributed by atoms with Crippen LogP contribution in [-0.2, 0) is 17.8 Å². The molecule has 0 radical (unpaired) electrons. The highest BCUT2D eigenvalue weighted by Gasteiger charge is 2.21. The summed E-state index contributed by atoms with van der Waals surface area (Å²) in [7, 11) is 0. The second-order valence-electron chi connectivity index (χ2n) is 6.05. The van der Waals surface area contributed by atoms with Crippen molar-refractivity contribution >= 4 is 29.3 Å². The quantitative estimate of drug-likeness (QED) is 0.797. The Bertz CT molecular complexity index is 772. The monoisotopic (exact) mass is 359 g/mol. The van der Waals surface area contributed by atoms with Crippen LogP contribution in [0.4, 0.5) is 5.69 Å². The minimum atomic E-state index is -0.491. The van der Waals surface area contributed by atoms with Gasteiger partial charge < -0.3 is 15.6 Å². The fraction of sp³-hybridized carbons (Fsp3) is 0.412. The minimum absolute atomic E-state index is 0.122. The van der Waals surface area contributed by atoms with Gasteiger partial charge in [-0.2, -0.15) is 0 Å². The molecule has 3 rings (SSSR count). The Morgan fingerprint density at radius 1 is 1.20 bits per heavy atom. The van der Waals surface area contributed by atoms with Gasteiger partial charge in [0.2, 0.25) is 11.8 Å². The van der Waals surface area contributed by atoms with Gasteiger partial charge in [0.1, 0.15) is 5.82 Å². The minimum Gasteiger partial charge on any atom is -0.366 e. The first-order valence-electron chi connectivity index (χ1n) is 8.34. The highest BCUT2D eigenvalue weighted by atomic mass is 32.2. The van der Waals surface area contributed by atoms with Crippen molar-refractivity contribution in [1.29, 1.82) is 0 Å². The van der Waals surface area contributed by atoms with Crippen molar-refractivity contribution in [2.45, 2.75) is 49.6 Å². The van der Waals surface area contributed by atoms with E-state index in [0.717, 1.165) is 36.8 Å². The smallest absolute Gasteiger partial charge is 0.248 e. The van der Waals surface area contributed by atoms with Crippen LogP contribution >= 0.6 is 11.8 Å². The van der Waals surface area contributed by atoms with E-state index in [4.69, 9.17) is 5.73 Å². The number of benzene rings is 1. The second-order valence-corrected chi connectivity index (χ2v) is 7.36. The van der Waals surface area contributed by atoms with Gasteiger partial charge in [-0.3, -0.25) is 9.59 Å². The molecule has 0 fully saturated rings. The van der Waals surface area contributed by atoms with Crippen LogP contribution in [0.1, 0.15) is 42.4 Å². The van der Waals surface area contributed by atoms with E-state index < -0.39 is 5.91 Å². The molecule has 1 aliphatic heterocycles. The fourth-order valence-electron chi connectivity index (χ4n) is 2.72. The van der Waals surface area contributed by atoms with Crippen LogP contribution < -0.4 is 11.1 Å². The largest absolute Gasteiger partial charge is 0.366 e. The van der Waals surface area contributed by atoms with E-state index in [1.165, 1.54) is 18.2 Å². The summed E-state index contributed by atoms with van der Waals surface area (Å²) in [6.07, 6.45) is 4.40. The maximum Gasteiger partial charge on any atom is 0.248 e. The number of carbonyl (C=O) groups is 2. The molecule has 7 nitrogen and oxygen atoms in total. The molecule has 8 heteroatoms. The number of hydrogen-bond acceptors (Lipinski definition) is 5. The fourth-order valence-corrected chi connectivity index (χ4v) is 3.61. The average molecular weight is 359 g/mol. The maximum atomic E-state index is 12.4. The number of amides is 2. The lowest BCUT2D eigenvalue weighted by molar-refractivity contribution is -0.115. The summed E-state index contributed by atoms with van der Waals surface area (Å²) in [6.45, 7) is 2.75. The van der Waals surface area contributed by atoms with Crippen LogP contribution in [0.15, 0.2) is 29.4 Å². The van der Waals surface area contributed by atoms with E-state index in [0.29, 0.717) is 11.3 Å². The molecule has 132 valence electrons. The number of aryl methyl sites for hydroxylation is 1. The van der Waals surface area contributed by atoms with Gasteiger partial charge in [-0.1, -0.05) is 18.2 Å². The molecule has 2 amide bonds. The summed E-state index contributed by atoms with van der Waals surface area (Å²) >= 11 is 1.41. The summed E-state index contributed by atoms with van der Waals surface area (Å²) in [5.41, 5.74) is 6.25. The molecule has 0 unspecified atom stereocenters. The molecule has 2 heterocycles. The van der Waals surface area contributed by atoms with Gasteiger partial charge in [-0.15, -0.1) is 10.2 Å². The van der Waals surface area contributed by atoms with Gasteiger partial charge in [-0.05, 0) is 44.0 Å². The van der Waals surface area contributed by atoms with E-state index in [-0.39, 0.29) is 11.2 Å². The standard InChI is InChI=1S/C17H21N5O2S/c1-11(16(24)19-13-8-6-12(7-9-13)15(18)23)25-17-21-20-14-5-3-2-4-10-22(14)17/h6-9,11H,2-5,10H2,1H3,(H2,18,23)(H,19,24)/t11-/m0/s1. The summed E-state index contributed by atoms with van der Waals surface area (Å²) in [5.74, 6) is 0.395. The topological polar surface area (TPSA) is 103 Å². The van der Waals surface area contributed by atoms with E-state index >= 15 is 0 Å². The molecule has 1 aromatic heterocycles. The van der Waals surface area contributed by atoms with E-state index in [1.54, 1.807) is 24.3 Å². The number of aromatic nitrogens is 3. The van der Waals surface area contributed by atoms with E-state index in [9.17, 15) is 9.59 Å². The summed E-state index contributed by atoms with van der Waals surface area (Å²) in [5, 5.41) is 11.8. The van der Waals surface area contributed by atoms with Crippen LogP contribution in [-0.4, -0.2) is 31.8 Å². The Balaban J connectivity index is 1.63. The van der Waals surface area contributed by atoms with Crippen molar-refractivity contribution in [3.63, 3.8) is 0 Å². The van der Waals surface area contributed by atoms with Gasteiger partial charge in [0.25, 0.3) is 0 Å². The van der Waals surface area contributed by atoms with Crippen LogP contribution in [0, 0.1) is 0 Å². The van der Waals surface area contributed by atoms with Crippen molar-refractivity contribution in [2.75, 3.05) is 5.32 Å². The van der Waals surface area contributed by atoms with Crippen molar-refractivity contribution in [3.05, 3.63) is 35.7 Å². The number of hydrogen-bond donors (Lipinski definition) is 2. The Hall–Kier alpha value is -2.35. The average Bonchev–Trinajstić information content (AvgIpc) is 2.82. The molecule has 2 aromatic rings. The van der Waals surface area contributed by atoms with Gasteiger partial charge in [0.15, 0.2) is 5.16 Å². The summed E-state index contributed by atoms with van der Waals surface area (Å²) in [6, 6.07) is 6.51. The summed E-state index contributed by atoms with van der Waals surface area (Å²) < 4.78 is 2.13. The zero-order valence-electron chi connectivity index (χ0n) is 14.1. The second kappa shape index (κ2) is 7.69. The number of anilines is 1. The van der Waals surface area contributed by atoms with E-state index in [2.05, 4.69) is 20.1 Å². The number of primary amides is 1. The van der Waals surface area contributed by atoms with Gasteiger partial charge in [0, 0.05) is 24.2 Å². The summed E-state index contributed by atoms with van der Waals surface area (Å²) in [4.78, 5) is 23.5. The number of thioether (sulfide) groups is 1. The molecule has 3 N–H and O–H groups in total. The first kappa shape index (κ1) is 17.5. The predicted octanol–water partition coefficient (Wildman–Crippen LogP) is 2.22. The molecule has 0 spiro atoms. The van der Waals surface area contributed by atoms with Crippen molar-refractivity contribution < 1.29 is 9.59 Å². The highest BCUT2D eigenvalue weighted by molar-refractivity contribution is 8.00. The lowest BCUT2D eigenvalue weighted by atomic mass is 10.2.